The van der Waals surface area contributed by atoms with Crippen LogP contribution in [0.3, 0.4) is 0 Å². The van der Waals surface area contributed by atoms with Crippen molar-refractivity contribution in [2.75, 3.05) is 33.3 Å². The number of urea groups is 1. The Morgan fingerprint density at radius 1 is 1.20 bits per heavy atom. The van der Waals surface area contributed by atoms with Gasteiger partial charge in [0.05, 0.1) is 6.10 Å². The summed E-state index contributed by atoms with van der Waals surface area (Å²) >= 11 is 0. The van der Waals surface area contributed by atoms with Crippen LogP contribution in [-0.2, 0) is 9.53 Å². The Bertz CT molecular complexity index is 426. The minimum Gasteiger partial charge on any atom is -0.378 e. The number of ether oxygens (including phenoxy) is 1. The molecule has 25 heavy (non-hydrogen) atoms. The highest BCUT2D eigenvalue weighted by Gasteiger charge is 2.30. The lowest BCUT2D eigenvalue weighted by atomic mass is 9.87. The van der Waals surface area contributed by atoms with Crippen molar-refractivity contribution in [3.8, 4) is 0 Å². The van der Waals surface area contributed by atoms with Crippen LogP contribution < -0.4 is 10.6 Å². The van der Waals surface area contributed by atoms with Crippen molar-refractivity contribution in [2.45, 2.75) is 52.1 Å². The van der Waals surface area contributed by atoms with Gasteiger partial charge in [-0.15, -0.1) is 12.4 Å². The fourth-order valence-electron chi connectivity index (χ4n) is 3.85. The van der Waals surface area contributed by atoms with Crippen LogP contribution in [0.4, 0.5) is 4.79 Å². The van der Waals surface area contributed by atoms with E-state index >= 15 is 0 Å². The summed E-state index contributed by atoms with van der Waals surface area (Å²) in [5.41, 5.74) is 0. The third-order valence-corrected chi connectivity index (χ3v) is 5.32. The summed E-state index contributed by atoms with van der Waals surface area (Å²) in [7, 11) is 1.67. The highest BCUT2D eigenvalue weighted by atomic mass is 35.5. The molecule has 2 saturated heterocycles. The van der Waals surface area contributed by atoms with Crippen molar-refractivity contribution >= 4 is 24.3 Å². The first kappa shape index (κ1) is 22.0. The minimum atomic E-state index is 0. The van der Waals surface area contributed by atoms with Gasteiger partial charge in [0.1, 0.15) is 0 Å². The molecule has 0 aliphatic carbocycles. The number of amides is 3. The SMILES string of the molecule is CNC(=O)CC1CCN(C(=O)NCC2CCCOC2C(C)C)CC1.Cl. The van der Waals surface area contributed by atoms with E-state index < -0.39 is 0 Å². The Morgan fingerprint density at radius 2 is 1.88 bits per heavy atom. The van der Waals surface area contributed by atoms with E-state index in [1.54, 1.807) is 7.05 Å². The predicted octanol–water partition coefficient (Wildman–Crippen LogP) is 2.42. The molecule has 0 spiro atoms. The van der Waals surface area contributed by atoms with E-state index in [1.807, 2.05) is 4.90 Å². The number of hydrogen-bond acceptors (Lipinski definition) is 3. The van der Waals surface area contributed by atoms with Gasteiger partial charge in [-0.3, -0.25) is 4.79 Å². The monoisotopic (exact) mass is 375 g/mol. The molecule has 3 amide bonds. The summed E-state index contributed by atoms with van der Waals surface area (Å²) in [5.74, 6) is 1.38. The van der Waals surface area contributed by atoms with E-state index in [1.165, 1.54) is 0 Å². The molecular formula is C18H34ClN3O3. The molecule has 0 aromatic heterocycles. The van der Waals surface area contributed by atoms with E-state index in [0.29, 0.717) is 30.7 Å². The van der Waals surface area contributed by atoms with Crippen LogP contribution in [0, 0.1) is 17.8 Å². The van der Waals surface area contributed by atoms with Crippen LogP contribution in [0.5, 0.6) is 0 Å². The van der Waals surface area contributed by atoms with Gasteiger partial charge < -0.3 is 20.3 Å². The van der Waals surface area contributed by atoms with E-state index in [9.17, 15) is 9.59 Å². The second kappa shape index (κ2) is 10.9. The molecule has 0 radical (unpaired) electrons. The molecule has 2 atom stereocenters. The molecule has 6 nitrogen and oxygen atoms in total. The van der Waals surface area contributed by atoms with Gasteiger partial charge >= 0.3 is 6.03 Å². The van der Waals surface area contributed by atoms with Crippen LogP contribution in [0.15, 0.2) is 0 Å². The third-order valence-electron chi connectivity index (χ3n) is 5.32. The molecular weight excluding hydrogens is 342 g/mol. The maximum atomic E-state index is 12.4. The molecule has 0 aromatic carbocycles. The Morgan fingerprint density at radius 3 is 2.48 bits per heavy atom. The lowest BCUT2D eigenvalue weighted by molar-refractivity contribution is -0.121. The van der Waals surface area contributed by atoms with E-state index in [4.69, 9.17) is 4.74 Å². The summed E-state index contributed by atoms with van der Waals surface area (Å²) in [6.07, 6.45) is 4.83. The summed E-state index contributed by atoms with van der Waals surface area (Å²) in [6.45, 7) is 7.38. The molecule has 2 aliphatic rings. The largest absolute Gasteiger partial charge is 0.378 e. The molecule has 2 N–H and O–H groups in total. The highest BCUT2D eigenvalue weighted by molar-refractivity contribution is 5.85. The van der Waals surface area contributed by atoms with Gasteiger partial charge in [0.25, 0.3) is 0 Å². The molecule has 2 heterocycles. The lowest BCUT2D eigenvalue weighted by Gasteiger charge is -2.36. The predicted molar refractivity (Wildman–Crippen MR) is 101 cm³/mol. The quantitative estimate of drug-likeness (QED) is 0.775. The average Bonchev–Trinajstić information content (AvgIpc) is 2.60. The van der Waals surface area contributed by atoms with Crippen LogP contribution in [-0.4, -0.2) is 56.2 Å². The lowest BCUT2D eigenvalue weighted by Crippen LogP contribution is -2.48. The molecule has 0 aromatic rings. The smallest absolute Gasteiger partial charge is 0.317 e. The van der Waals surface area contributed by atoms with E-state index in [-0.39, 0.29) is 30.4 Å². The zero-order valence-corrected chi connectivity index (χ0v) is 16.6. The standard InChI is InChI=1S/C18H33N3O3.ClH/c1-13(2)17-15(5-4-10-24-17)12-20-18(23)21-8-6-14(7-9-21)11-16(22)19-3;/h13-15,17H,4-12H2,1-3H3,(H,19,22)(H,20,23);1H. The number of nitrogens with one attached hydrogen (secondary N) is 2. The Balaban J connectivity index is 0.00000312. The van der Waals surface area contributed by atoms with Crippen molar-refractivity contribution in [1.82, 2.24) is 15.5 Å². The first-order valence-electron chi connectivity index (χ1n) is 9.36. The Hall–Kier alpha value is -1.01. The number of nitrogens with zero attached hydrogens (tertiary/aromatic N) is 1. The Kier molecular flexibility index (Phi) is 9.57. The number of hydrogen-bond donors (Lipinski definition) is 2. The van der Waals surface area contributed by atoms with Crippen LogP contribution in [0.25, 0.3) is 0 Å². The summed E-state index contributed by atoms with van der Waals surface area (Å²) in [4.78, 5) is 25.7. The van der Waals surface area contributed by atoms with Crippen molar-refractivity contribution < 1.29 is 14.3 Å². The highest BCUT2D eigenvalue weighted by Crippen LogP contribution is 2.26. The number of rotatable bonds is 5. The van der Waals surface area contributed by atoms with Gasteiger partial charge in [0, 0.05) is 45.6 Å². The second-order valence-electron chi connectivity index (χ2n) is 7.48. The van der Waals surface area contributed by atoms with E-state index in [0.717, 1.165) is 45.4 Å². The van der Waals surface area contributed by atoms with Gasteiger partial charge in [-0.1, -0.05) is 13.8 Å². The van der Waals surface area contributed by atoms with Crippen molar-refractivity contribution in [1.29, 1.82) is 0 Å². The number of carbonyl (C=O) groups excluding carboxylic acids is 2. The molecule has 2 aliphatic heterocycles. The van der Waals surface area contributed by atoms with Gasteiger partial charge in [0.15, 0.2) is 0 Å². The van der Waals surface area contributed by atoms with Crippen molar-refractivity contribution in [3.63, 3.8) is 0 Å². The summed E-state index contributed by atoms with van der Waals surface area (Å²) < 4.78 is 5.89. The maximum Gasteiger partial charge on any atom is 0.317 e. The van der Waals surface area contributed by atoms with Crippen molar-refractivity contribution in [2.24, 2.45) is 17.8 Å². The molecule has 0 saturated carbocycles. The van der Waals surface area contributed by atoms with Crippen LogP contribution in [0.2, 0.25) is 0 Å². The Labute approximate surface area is 157 Å². The second-order valence-corrected chi connectivity index (χ2v) is 7.48. The topological polar surface area (TPSA) is 70.7 Å². The molecule has 146 valence electrons. The minimum absolute atomic E-state index is 0. The zero-order chi connectivity index (χ0) is 17.5. The fourth-order valence-corrected chi connectivity index (χ4v) is 3.85. The number of carbonyl (C=O) groups is 2. The molecule has 2 rings (SSSR count). The molecule has 0 bridgehead atoms. The number of likely N-dealkylation sites (tertiary alicyclic amines) is 1. The summed E-state index contributed by atoms with van der Waals surface area (Å²) in [6, 6.07) is 0.0291. The van der Waals surface area contributed by atoms with Crippen LogP contribution in [0.1, 0.15) is 46.0 Å². The fraction of sp³-hybridized carbons (Fsp3) is 0.889. The first-order valence-corrected chi connectivity index (χ1v) is 9.36. The molecule has 2 unspecified atom stereocenters. The van der Waals surface area contributed by atoms with Gasteiger partial charge in [-0.2, -0.15) is 0 Å². The number of piperidine rings is 1. The maximum absolute atomic E-state index is 12.4. The molecule has 7 heteroatoms. The van der Waals surface area contributed by atoms with Gasteiger partial charge in [-0.25, -0.2) is 4.79 Å². The first-order chi connectivity index (χ1) is 11.5. The van der Waals surface area contributed by atoms with Crippen molar-refractivity contribution in [3.05, 3.63) is 0 Å². The summed E-state index contributed by atoms with van der Waals surface area (Å²) in [5, 5.41) is 5.77. The third kappa shape index (κ3) is 6.66. The number of halogens is 1. The van der Waals surface area contributed by atoms with Crippen LogP contribution >= 0.6 is 12.4 Å². The average molecular weight is 376 g/mol. The van der Waals surface area contributed by atoms with Gasteiger partial charge in [-0.05, 0) is 37.5 Å². The zero-order valence-electron chi connectivity index (χ0n) is 15.8. The van der Waals surface area contributed by atoms with Gasteiger partial charge in [0.2, 0.25) is 5.91 Å². The normalized spacial score (nSPS) is 24.6. The molecule has 2 fully saturated rings. The van der Waals surface area contributed by atoms with E-state index in [2.05, 4.69) is 24.5 Å².